The van der Waals surface area contributed by atoms with E-state index in [9.17, 15) is 0 Å². The van der Waals surface area contributed by atoms with Crippen LogP contribution in [0.1, 0.15) is 0 Å². The topological polar surface area (TPSA) is 27.7 Å². The van der Waals surface area contributed by atoms with Crippen molar-refractivity contribution in [1.82, 2.24) is 0 Å². The predicted molar refractivity (Wildman–Crippen MR) is 87.7 cm³/mol. The van der Waals surface area contributed by atoms with Gasteiger partial charge in [0.05, 0.1) is 0 Å². The molecule has 3 nitrogen and oxygen atoms in total. The summed E-state index contributed by atoms with van der Waals surface area (Å²) in [6, 6.07) is 0. The van der Waals surface area contributed by atoms with Crippen molar-refractivity contribution in [2.75, 3.05) is 0 Å². The second-order valence-corrected chi connectivity index (χ2v) is 19.3. The minimum absolute atomic E-state index is 1.28. The maximum absolute atomic E-state index is 6.17. The first kappa shape index (κ1) is 18.2. The zero-order valence-corrected chi connectivity index (χ0v) is 16.8. The smallest absolute Gasteiger partial charge is 0.360 e. The molecule has 0 aromatic heterocycles. The van der Waals surface area contributed by atoms with E-state index in [0.29, 0.717) is 0 Å². The molecule has 0 fully saturated rings. The fraction of sp³-hybridized carbons (Fsp3) is 0.636. The Balaban J connectivity index is 4.49. The van der Waals surface area contributed by atoms with Crippen molar-refractivity contribution in [2.24, 2.45) is 0 Å². The maximum Gasteiger partial charge on any atom is 0.360 e. The second-order valence-electron chi connectivity index (χ2n) is 5.81. The van der Waals surface area contributed by atoms with Crippen LogP contribution in [-0.4, -0.2) is 34.5 Å². The molecule has 18 heavy (non-hydrogen) atoms. The highest BCUT2D eigenvalue weighted by Gasteiger charge is 2.36. The van der Waals surface area contributed by atoms with Gasteiger partial charge < -0.3 is 12.3 Å². The average Bonchev–Trinajstić information content (AvgIpc) is 2.14. The van der Waals surface area contributed by atoms with Gasteiger partial charge in [0.1, 0.15) is 0 Å². The van der Waals surface area contributed by atoms with Crippen molar-refractivity contribution in [2.45, 2.75) is 45.8 Å². The summed E-state index contributed by atoms with van der Waals surface area (Å²) >= 11 is 0. The molecular weight excluding hydrogens is 292 g/mol. The van der Waals surface area contributed by atoms with E-state index in [1.54, 1.807) is 0 Å². The minimum atomic E-state index is -2.14. The summed E-state index contributed by atoms with van der Waals surface area (Å²) in [6.07, 6.45) is 0. The highest BCUT2D eigenvalue weighted by molar-refractivity contribution is 6.88. The fourth-order valence-corrected chi connectivity index (χ4v) is 14.0. The van der Waals surface area contributed by atoms with Crippen LogP contribution in [0.5, 0.6) is 0 Å². The first-order valence-electron chi connectivity index (χ1n) is 6.12. The summed E-state index contributed by atoms with van der Waals surface area (Å²) in [5, 5.41) is 0. The van der Waals surface area contributed by atoms with Crippen LogP contribution in [0.4, 0.5) is 0 Å². The fourth-order valence-electron chi connectivity index (χ4n) is 1.48. The highest BCUT2D eigenvalue weighted by atomic mass is 28.5. The molecule has 0 heterocycles. The molecule has 0 aromatic rings. The summed E-state index contributed by atoms with van der Waals surface area (Å²) < 4.78 is 18.3. The van der Waals surface area contributed by atoms with Gasteiger partial charge in [0.15, 0.2) is 16.6 Å². The Hall–Kier alpha value is 0.228. The van der Waals surface area contributed by atoms with Crippen LogP contribution in [0.25, 0.3) is 0 Å². The van der Waals surface area contributed by atoms with Gasteiger partial charge in [0.25, 0.3) is 0 Å². The van der Waals surface area contributed by atoms with E-state index < -0.39 is 34.5 Å². The molecule has 0 aliphatic heterocycles. The summed E-state index contributed by atoms with van der Waals surface area (Å²) in [5.74, 6) is 0. The number of rotatable bonds is 8. The Morgan fingerprint density at radius 2 is 1.28 bits per heavy atom. The van der Waals surface area contributed by atoms with Crippen molar-refractivity contribution in [3.05, 3.63) is 24.6 Å². The Morgan fingerprint density at radius 1 is 0.833 bits per heavy atom. The van der Waals surface area contributed by atoms with Gasteiger partial charge in [-0.05, 0) is 45.8 Å². The third-order valence-electron chi connectivity index (χ3n) is 2.29. The van der Waals surface area contributed by atoms with Crippen LogP contribution in [-0.2, 0) is 12.3 Å². The molecule has 0 unspecified atom stereocenters. The summed E-state index contributed by atoms with van der Waals surface area (Å²) in [7, 11) is -6.98. The second kappa shape index (κ2) is 6.59. The molecule has 0 amide bonds. The molecule has 0 aromatic carbocycles. The SMILES string of the molecule is C=C[Si](C)(C)O[Si](C)O[Si](C)(C)O[Si](C)(C)C=C. The predicted octanol–water partition coefficient (Wildman–Crippen LogP) is 3.72. The van der Waals surface area contributed by atoms with Crippen molar-refractivity contribution < 1.29 is 12.3 Å². The first-order valence-corrected chi connectivity index (χ1v) is 16.7. The van der Waals surface area contributed by atoms with Gasteiger partial charge in [-0.15, -0.1) is 13.2 Å². The molecule has 0 aliphatic rings. The molecule has 0 rings (SSSR count). The van der Waals surface area contributed by atoms with Gasteiger partial charge in [-0.1, -0.05) is 11.4 Å². The van der Waals surface area contributed by atoms with Gasteiger partial charge in [-0.3, -0.25) is 0 Å². The molecule has 0 aliphatic carbocycles. The lowest BCUT2D eigenvalue weighted by Crippen LogP contribution is -2.50. The van der Waals surface area contributed by atoms with Crippen molar-refractivity contribution >= 4 is 34.5 Å². The monoisotopic (exact) mass is 319 g/mol. The maximum atomic E-state index is 6.17. The van der Waals surface area contributed by atoms with E-state index >= 15 is 0 Å². The van der Waals surface area contributed by atoms with E-state index in [1.165, 1.54) is 0 Å². The number of hydrogen-bond acceptors (Lipinski definition) is 3. The van der Waals surface area contributed by atoms with E-state index in [1.807, 2.05) is 17.9 Å². The molecule has 0 N–H and O–H groups in total. The largest absolute Gasteiger partial charge is 0.433 e. The Bertz CT molecular complexity index is 303. The Labute approximate surface area is 117 Å². The third-order valence-corrected chi connectivity index (χ3v) is 14.7. The first-order chi connectivity index (χ1) is 7.93. The van der Waals surface area contributed by atoms with E-state index in [4.69, 9.17) is 12.3 Å². The molecular formula is C11H27O3Si4. The minimum Gasteiger partial charge on any atom is -0.433 e. The van der Waals surface area contributed by atoms with Crippen molar-refractivity contribution in [3.63, 3.8) is 0 Å². The van der Waals surface area contributed by atoms with Crippen LogP contribution in [0.3, 0.4) is 0 Å². The quantitative estimate of drug-likeness (QED) is 0.638. The normalized spacial score (nSPS) is 13.8. The molecule has 0 bridgehead atoms. The van der Waals surface area contributed by atoms with Crippen LogP contribution < -0.4 is 0 Å². The van der Waals surface area contributed by atoms with Crippen LogP contribution in [0.2, 0.25) is 45.8 Å². The molecule has 0 saturated heterocycles. The van der Waals surface area contributed by atoms with Crippen LogP contribution in [0.15, 0.2) is 24.6 Å². The van der Waals surface area contributed by atoms with Crippen LogP contribution >= 0.6 is 0 Å². The average molecular weight is 320 g/mol. The molecule has 0 atom stereocenters. The zero-order chi connectivity index (χ0) is 14.6. The summed E-state index contributed by atoms with van der Waals surface area (Å²) in [4.78, 5) is 0. The van der Waals surface area contributed by atoms with E-state index in [-0.39, 0.29) is 0 Å². The highest BCUT2D eigenvalue weighted by Crippen LogP contribution is 2.18. The lowest BCUT2D eigenvalue weighted by atomic mass is 11.3. The van der Waals surface area contributed by atoms with Gasteiger partial charge >= 0.3 is 17.8 Å². The van der Waals surface area contributed by atoms with Gasteiger partial charge in [-0.2, -0.15) is 0 Å². The lowest BCUT2D eigenvalue weighted by molar-refractivity contribution is 0.354. The van der Waals surface area contributed by atoms with E-state index in [0.717, 1.165) is 0 Å². The molecule has 105 valence electrons. The molecule has 0 spiro atoms. The van der Waals surface area contributed by atoms with E-state index in [2.05, 4.69) is 52.4 Å². The molecule has 0 saturated carbocycles. The molecule has 7 heteroatoms. The van der Waals surface area contributed by atoms with Gasteiger partial charge in [0, 0.05) is 0 Å². The zero-order valence-electron chi connectivity index (χ0n) is 12.8. The summed E-state index contributed by atoms with van der Waals surface area (Å²) in [5.41, 5.74) is 3.87. The third kappa shape index (κ3) is 7.62. The lowest BCUT2D eigenvalue weighted by Gasteiger charge is -2.34. The van der Waals surface area contributed by atoms with Gasteiger partial charge in [0.2, 0.25) is 0 Å². The van der Waals surface area contributed by atoms with Crippen LogP contribution in [0, 0.1) is 0 Å². The Morgan fingerprint density at radius 3 is 1.67 bits per heavy atom. The van der Waals surface area contributed by atoms with Gasteiger partial charge in [-0.25, -0.2) is 0 Å². The van der Waals surface area contributed by atoms with Crippen molar-refractivity contribution in [3.8, 4) is 0 Å². The van der Waals surface area contributed by atoms with Crippen molar-refractivity contribution in [1.29, 1.82) is 0 Å². The Kier molecular flexibility index (Phi) is 6.68. The standard InChI is InChI=1S/C11H27O3Si4/c1-10-16(4,5)12-15(3)13-18(8,9)14-17(6,7)11-2/h10-11H,1-2H2,3-9H3. The summed E-state index contributed by atoms with van der Waals surface area (Å²) in [6.45, 7) is 22.3. The number of hydrogen-bond donors (Lipinski definition) is 0. The molecule has 1 radical (unpaired) electrons.